The van der Waals surface area contributed by atoms with Gasteiger partial charge in [-0.25, -0.2) is 5.01 Å². The van der Waals surface area contributed by atoms with E-state index >= 15 is 0 Å². The monoisotopic (exact) mass is 385 g/mol. The van der Waals surface area contributed by atoms with Gasteiger partial charge in [-0.1, -0.05) is 0 Å². The Kier molecular flexibility index (Phi) is 4.52. The lowest BCUT2D eigenvalue weighted by atomic mass is 9.87. The van der Waals surface area contributed by atoms with E-state index in [2.05, 4.69) is 11.2 Å². The van der Waals surface area contributed by atoms with Crippen LogP contribution in [0.4, 0.5) is 0 Å². The first kappa shape index (κ1) is 18.7. The number of hydrogen-bond donors (Lipinski definition) is 1. The van der Waals surface area contributed by atoms with Crippen LogP contribution < -0.4 is 4.74 Å². The molecule has 1 aromatic carbocycles. The zero-order valence-electron chi connectivity index (χ0n) is 16.1. The third kappa shape index (κ3) is 3.11. The molecule has 0 unspecified atom stereocenters. The molecule has 8 nitrogen and oxygen atoms in total. The molecule has 28 heavy (non-hydrogen) atoms. The van der Waals surface area contributed by atoms with Crippen LogP contribution in [-0.4, -0.2) is 53.9 Å². The molecule has 0 bridgehead atoms. The summed E-state index contributed by atoms with van der Waals surface area (Å²) < 4.78 is 17.2. The summed E-state index contributed by atoms with van der Waals surface area (Å²) in [6.07, 6.45) is -1.03. The van der Waals surface area contributed by atoms with Gasteiger partial charge in [-0.05, 0) is 38.5 Å². The zero-order valence-corrected chi connectivity index (χ0v) is 16.1. The second-order valence-corrected chi connectivity index (χ2v) is 7.89. The Labute approximate surface area is 163 Å². The number of carbonyl (C=O) groups excluding carboxylic acids is 1. The van der Waals surface area contributed by atoms with Crippen LogP contribution in [0.2, 0.25) is 0 Å². The number of hydrazone groups is 1. The molecule has 0 radical (unpaired) electrons. The fourth-order valence-electron chi connectivity index (χ4n) is 3.69. The van der Waals surface area contributed by atoms with E-state index in [1.807, 2.05) is 0 Å². The van der Waals surface area contributed by atoms with Gasteiger partial charge in [0.15, 0.2) is 6.10 Å². The van der Waals surface area contributed by atoms with E-state index in [4.69, 9.17) is 14.2 Å². The van der Waals surface area contributed by atoms with Crippen molar-refractivity contribution in [1.82, 2.24) is 5.01 Å². The average Bonchev–Trinajstić information content (AvgIpc) is 3.47. The van der Waals surface area contributed by atoms with Gasteiger partial charge in [0, 0.05) is 18.6 Å². The zero-order chi connectivity index (χ0) is 20.1. The number of carbonyl (C=O) groups is 1. The molecule has 4 atom stereocenters. The molecule has 3 aliphatic rings. The molecule has 1 N–H and O–H groups in total. The maximum absolute atomic E-state index is 12.4. The quantitative estimate of drug-likeness (QED) is 0.844. The summed E-state index contributed by atoms with van der Waals surface area (Å²) in [5.41, 5.74) is 0.177. The Morgan fingerprint density at radius 2 is 2.21 bits per heavy atom. The van der Waals surface area contributed by atoms with Gasteiger partial charge in [0.1, 0.15) is 17.5 Å². The van der Waals surface area contributed by atoms with E-state index in [9.17, 15) is 15.2 Å². The molecular weight excluding hydrogens is 362 g/mol. The number of aliphatic hydroxyl groups excluding tert-OH is 1. The highest BCUT2D eigenvalue weighted by atomic mass is 16.5. The van der Waals surface area contributed by atoms with Crippen LogP contribution in [0.3, 0.4) is 0 Å². The Hall–Kier alpha value is -2.63. The van der Waals surface area contributed by atoms with Gasteiger partial charge >= 0.3 is 0 Å². The Morgan fingerprint density at radius 1 is 1.43 bits per heavy atom. The molecule has 1 aliphatic carbocycles. The number of benzene rings is 1. The van der Waals surface area contributed by atoms with Gasteiger partial charge in [0.25, 0.3) is 0 Å². The van der Waals surface area contributed by atoms with E-state index in [0.29, 0.717) is 42.3 Å². The fourth-order valence-corrected chi connectivity index (χ4v) is 3.69. The predicted octanol–water partition coefficient (Wildman–Crippen LogP) is 1.59. The fraction of sp³-hybridized carbons (Fsp3) is 0.550. The van der Waals surface area contributed by atoms with Crippen LogP contribution in [0.1, 0.15) is 37.5 Å². The molecule has 2 aliphatic heterocycles. The topological polar surface area (TPSA) is 104 Å². The number of ether oxygens (including phenoxy) is 3. The van der Waals surface area contributed by atoms with Gasteiger partial charge in [0.2, 0.25) is 11.8 Å². The summed E-state index contributed by atoms with van der Waals surface area (Å²) in [6.45, 7) is 4.29. The minimum Gasteiger partial charge on any atom is -0.485 e. The summed E-state index contributed by atoms with van der Waals surface area (Å²) in [4.78, 5) is 12.4. The SMILES string of the molecule is COCCN1N=C(O[C@@H]2c3cc(C#N)ccc3OC(C)(C)[C@H]2O)[C@H]2C[C@H]2C1=O. The maximum Gasteiger partial charge on any atom is 0.246 e. The lowest BCUT2D eigenvalue weighted by Crippen LogP contribution is -2.50. The number of amides is 1. The first-order valence-corrected chi connectivity index (χ1v) is 9.32. The molecule has 1 amide bonds. The van der Waals surface area contributed by atoms with Crippen molar-refractivity contribution in [2.45, 2.75) is 38.1 Å². The Balaban J connectivity index is 1.67. The molecule has 1 aromatic rings. The summed E-state index contributed by atoms with van der Waals surface area (Å²) in [7, 11) is 1.57. The Morgan fingerprint density at radius 3 is 2.93 bits per heavy atom. The summed E-state index contributed by atoms with van der Waals surface area (Å²) in [6, 6.07) is 7.15. The van der Waals surface area contributed by atoms with Crippen LogP contribution in [-0.2, 0) is 14.3 Å². The van der Waals surface area contributed by atoms with E-state index in [0.717, 1.165) is 0 Å². The third-order valence-corrected chi connectivity index (χ3v) is 5.47. The molecule has 8 heteroatoms. The third-order valence-electron chi connectivity index (χ3n) is 5.47. The van der Waals surface area contributed by atoms with Crippen LogP contribution in [0.15, 0.2) is 23.3 Å². The molecule has 2 heterocycles. The van der Waals surface area contributed by atoms with Crippen molar-refractivity contribution in [2.24, 2.45) is 16.9 Å². The highest BCUT2D eigenvalue weighted by molar-refractivity contribution is 5.96. The summed E-state index contributed by atoms with van der Waals surface area (Å²) in [5.74, 6) is 0.798. The van der Waals surface area contributed by atoms with E-state index in [1.165, 1.54) is 5.01 Å². The number of nitrogens with zero attached hydrogens (tertiary/aromatic N) is 3. The van der Waals surface area contributed by atoms with Gasteiger partial charge in [-0.15, -0.1) is 5.10 Å². The van der Waals surface area contributed by atoms with E-state index in [1.54, 1.807) is 39.2 Å². The van der Waals surface area contributed by atoms with Crippen molar-refractivity contribution in [2.75, 3.05) is 20.3 Å². The second kappa shape index (κ2) is 6.76. The highest BCUT2D eigenvalue weighted by Gasteiger charge is 2.54. The largest absolute Gasteiger partial charge is 0.485 e. The van der Waals surface area contributed by atoms with Gasteiger partial charge in [0.05, 0.1) is 30.7 Å². The molecule has 1 fully saturated rings. The summed E-state index contributed by atoms with van der Waals surface area (Å²) >= 11 is 0. The van der Waals surface area contributed by atoms with E-state index < -0.39 is 17.8 Å². The molecule has 1 saturated carbocycles. The molecule has 148 valence electrons. The van der Waals surface area contributed by atoms with Crippen LogP contribution >= 0.6 is 0 Å². The molecule has 0 saturated heterocycles. The Bertz CT molecular complexity index is 875. The van der Waals surface area contributed by atoms with Gasteiger partial charge in [-0.2, -0.15) is 5.26 Å². The van der Waals surface area contributed by atoms with Crippen molar-refractivity contribution in [3.63, 3.8) is 0 Å². The number of fused-ring (bicyclic) bond motifs is 2. The van der Waals surface area contributed by atoms with Crippen LogP contribution in [0.25, 0.3) is 0 Å². The minimum absolute atomic E-state index is 0.0191. The van der Waals surface area contributed by atoms with Crippen molar-refractivity contribution in [3.8, 4) is 11.8 Å². The molecule has 4 rings (SSSR count). The molecular formula is C20H23N3O5. The van der Waals surface area contributed by atoms with Crippen LogP contribution in [0, 0.1) is 23.2 Å². The lowest BCUT2D eigenvalue weighted by molar-refractivity contribution is -0.135. The van der Waals surface area contributed by atoms with E-state index in [-0.39, 0.29) is 17.7 Å². The maximum atomic E-state index is 12.4. The van der Waals surface area contributed by atoms with Crippen LogP contribution in [0.5, 0.6) is 5.75 Å². The number of hydrogen-bond acceptors (Lipinski definition) is 7. The molecule has 0 spiro atoms. The van der Waals surface area contributed by atoms with Crippen molar-refractivity contribution in [3.05, 3.63) is 29.3 Å². The van der Waals surface area contributed by atoms with Crippen molar-refractivity contribution >= 4 is 11.8 Å². The molecule has 0 aromatic heterocycles. The van der Waals surface area contributed by atoms with Gasteiger partial charge in [-0.3, -0.25) is 4.79 Å². The van der Waals surface area contributed by atoms with Crippen molar-refractivity contribution in [1.29, 1.82) is 5.26 Å². The first-order chi connectivity index (χ1) is 13.4. The first-order valence-electron chi connectivity index (χ1n) is 9.32. The number of aliphatic hydroxyl groups is 1. The lowest BCUT2D eigenvalue weighted by Gasteiger charge is -2.42. The summed E-state index contributed by atoms with van der Waals surface area (Å²) in [5, 5.41) is 25.9. The smallest absolute Gasteiger partial charge is 0.246 e. The number of rotatable bonds is 4. The number of methoxy groups -OCH3 is 1. The standard InChI is InChI=1S/C20H23N3O5/c1-20(2)17(24)16(14-8-11(10-21)4-5-15(14)28-20)27-18-12-9-13(12)19(25)23(22-18)6-7-26-3/h4-5,8,12-13,16-17,24H,6-7,9H2,1-3H3/t12-,13+,16+,17-/m0/s1. The van der Waals surface area contributed by atoms with Crippen molar-refractivity contribution < 1.29 is 24.1 Å². The predicted molar refractivity (Wildman–Crippen MR) is 98.3 cm³/mol. The number of nitriles is 1. The minimum atomic E-state index is -0.973. The highest BCUT2D eigenvalue weighted by Crippen LogP contribution is 2.48. The normalized spacial score (nSPS) is 29.8. The van der Waals surface area contributed by atoms with Gasteiger partial charge < -0.3 is 19.3 Å². The second-order valence-electron chi connectivity index (χ2n) is 7.89. The average molecular weight is 385 g/mol.